The average molecular weight is 881 g/mol. The summed E-state index contributed by atoms with van der Waals surface area (Å²) in [6.07, 6.45) is 5.48. The molecule has 62 heavy (non-hydrogen) atoms. The number of ether oxygens (including phenoxy) is 1. The highest BCUT2D eigenvalue weighted by atomic mass is 32.1. The van der Waals surface area contributed by atoms with Gasteiger partial charge in [0.25, 0.3) is 11.8 Å². The van der Waals surface area contributed by atoms with Gasteiger partial charge in [0.05, 0.1) is 49.2 Å². The van der Waals surface area contributed by atoms with Gasteiger partial charge in [-0.15, -0.1) is 0 Å². The Morgan fingerprint density at radius 2 is 1.35 bits per heavy atom. The third kappa shape index (κ3) is 10.3. The molecule has 2 fully saturated rings. The molecule has 0 saturated carbocycles. The number of aromatic nitrogens is 4. The van der Waals surface area contributed by atoms with Crippen molar-refractivity contribution in [2.75, 3.05) is 27.3 Å². The number of rotatable bonds is 12. The molecule has 16 heteroatoms. The van der Waals surface area contributed by atoms with Gasteiger partial charge < -0.3 is 34.7 Å². The fourth-order valence-corrected chi connectivity index (χ4v) is 7.98. The first-order valence-corrected chi connectivity index (χ1v) is 19.3. The van der Waals surface area contributed by atoms with Crippen LogP contribution in [0.25, 0.3) is 33.4 Å². The van der Waals surface area contributed by atoms with Gasteiger partial charge in [-0.1, -0.05) is 106 Å². The first-order chi connectivity index (χ1) is 28.4. The van der Waals surface area contributed by atoms with Crippen LogP contribution in [0, 0.1) is 0 Å². The van der Waals surface area contributed by atoms with E-state index in [1.807, 2.05) is 89.8 Å². The number of imidazole rings is 2. The summed E-state index contributed by atoms with van der Waals surface area (Å²) in [7, 11) is 2.66. The number of likely N-dealkylation sites (tertiary alicyclic amines) is 2. The summed E-state index contributed by atoms with van der Waals surface area (Å²) in [4.78, 5) is 74.3. The quantitative estimate of drug-likeness (QED) is 0.0474. The molecular formula is C46H56N8O6S2. The number of nitrogens with one attached hydrogen (secondary N) is 3. The molecule has 0 spiro atoms. The van der Waals surface area contributed by atoms with Crippen molar-refractivity contribution in [2.45, 2.75) is 64.7 Å². The minimum absolute atomic E-state index is 0. The molecule has 0 unspecified atom stereocenters. The molecule has 2 saturated heterocycles. The topological polar surface area (TPSA) is 167 Å². The Balaban J connectivity index is 0.00000211. The van der Waals surface area contributed by atoms with Crippen molar-refractivity contribution >= 4 is 62.3 Å². The highest BCUT2D eigenvalue weighted by Crippen LogP contribution is 2.37. The maximum Gasteiger partial charge on any atom is 0.407 e. The third-order valence-electron chi connectivity index (χ3n) is 10.9. The molecule has 0 bridgehead atoms. The van der Waals surface area contributed by atoms with Gasteiger partial charge in [0, 0.05) is 13.1 Å². The fourth-order valence-electron chi connectivity index (χ4n) is 7.98. The van der Waals surface area contributed by atoms with Crippen molar-refractivity contribution < 1.29 is 28.9 Å². The van der Waals surface area contributed by atoms with Crippen LogP contribution in [0.2, 0.25) is 0 Å². The van der Waals surface area contributed by atoms with Crippen LogP contribution in [0.5, 0.6) is 0 Å². The highest BCUT2D eigenvalue weighted by molar-refractivity contribution is 7.59. The molecule has 4 atom stereocenters. The number of aromatic amines is 2. The van der Waals surface area contributed by atoms with E-state index >= 15 is 0 Å². The number of fused-ring (bicyclic) bond motifs is 1. The Labute approximate surface area is 376 Å². The summed E-state index contributed by atoms with van der Waals surface area (Å²) < 4.78 is 4.83. The van der Waals surface area contributed by atoms with Gasteiger partial charge in [-0.2, -0.15) is 31.9 Å². The molecule has 3 N–H and O–H groups in total. The van der Waals surface area contributed by atoms with Crippen LogP contribution < -0.4 is 5.32 Å². The number of methoxy groups -OCH3 is 1. The number of carbonyl (C=O) groups is 3. The maximum atomic E-state index is 14.0. The fraction of sp³-hybridized carbons (Fsp3) is 0.304. The zero-order valence-electron chi connectivity index (χ0n) is 33.2. The Hall–Kier alpha value is -6.10. The van der Waals surface area contributed by atoms with Gasteiger partial charge >= 0.3 is 6.09 Å². The lowest BCUT2D eigenvalue weighted by Crippen LogP contribution is -2.42. The molecule has 2 aromatic heterocycles. The van der Waals surface area contributed by atoms with Crippen LogP contribution in [-0.2, 0) is 24.1 Å². The van der Waals surface area contributed by atoms with E-state index in [2.05, 4.69) is 43.4 Å². The summed E-state index contributed by atoms with van der Waals surface area (Å²) in [5, 5.41) is 2.71. The predicted octanol–water partition coefficient (Wildman–Crippen LogP) is 8.89. The number of carbonyl (C=O) groups excluding carboxylic acids is 3. The van der Waals surface area contributed by atoms with Crippen molar-refractivity contribution in [3.8, 4) is 22.4 Å². The second-order valence-corrected chi connectivity index (χ2v) is 14.3. The predicted molar refractivity (Wildman–Crippen MR) is 251 cm³/mol. The zero-order chi connectivity index (χ0) is 40.0. The largest absolute Gasteiger partial charge is 0.453 e. The number of aliphatic imine (C=N–C) groups is 1. The molecule has 4 heterocycles. The molecule has 4 aromatic carbocycles. The van der Waals surface area contributed by atoms with E-state index in [9.17, 15) is 14.4 Å². The Morgan fingerprint density at radius 1 is 0.758 bits per heavy atom. The first kappa shape index (κ1) is 48.6. The van der Waals surface area contributed by atoms with Gasteiger partial charge in [-0.3, -0.25) is 9.59 Å². The van der Waals surface area contributed by atoms with Gasteiger partial charge in [0.2, 0.25) is 6.40 Å². The van der Waals surface area contributed by atoms with E-state index in [4.69, 9.17) is 19.6 Å². The normalized spacial score (nSPS) is 16.6. The van der Waals surface area contributed by atoms with Crippen molar-refractivity contribution in [1.29, 1.82) is 0 Å². The van der Waals surface area contributed by atoms with Crippen molar-refractivity contribution in [1.82, 2.24) is 35.1 Å². The highest BCUT2D eigenvalue weighted by Gasteiger charge is 2.38. The van der Waals surface area contributed by atoms with Crippen LogP contribution in [0.1, 0.15) is 87.5 Å². The summed E-state index contributed by atoms with van der Waals surface area (Å²) in [5.41, 5.74) is 6.98. The Morgan fingerprint density at radius 3 is 2.00 bits per heavy atom. The number of H-pyrrole nitrogens is 2. The lowest BCUT2D eigenvalue weighted by molar-refractivity contribution is -0.188. The van der Waals surface area contributed by atoms with E-state index in [0.29, 0.717) is 24.5 Å². The van der Waals surface area contributed by atoms with E-state index < -0.39 is 18.2 Å². The number of nitrogens with zero attached hydrogens (tertiary/aromatic N) is 5. The van der Waals surface area contributed by atoms with E-state index in [-0.39, 0.29) is 65.7 Å². The zero-order valence-corrected chi connectivity index (χ0v) is 35.2. The molecule has 0 radical (unpaired) electrons. The number of amides is 3. The van der Waals surface area contributed by atoms with Crippen LogP contribution in [-0.4, -0.2) is 81.4 Å². The molecule has 0 aliphatic carbocycles. The van der Waals surface area contributed by atoms with Gasteiger partial charge in [0.1, 0.15) is 17.7 Å². The van der Waals surface area contributed by atoms with Gasteiger partial charge in [-0.05, 0) is 65.6 Å². The minimum atomic E-state index is -0.884. The van der Waals surface area contributed by atoms with E-state index in [1.54, 1.807) is 11.1 Å². The Bertz CT molecular complexity index is 2410. The minimum Gasteiger partial charge on any atom is -0.453 e. The SMILES string of the molecule is C.C.COOC=N[C@@H](C(=O)N1CCC[C@H]1c1nc2ccc(-c3ccc(-c4cnc([C@@H]5CCCN5C(=O)[C@H](NC(=O)OC)c5ccccc5)[nH]4)cc3)cc2[nH]1)c1ccccc1.S.S. The summed E-state index contributed by atoms with van der Waals surface area (Å²) in [6, 6.07) is 30.8. The molecule has 6 aromatic rings. The molecule has 328 valence electrons. The van der Waals surface area contributed by atoms with Gasteiger partial charge in [0.15, 0.2) is 6.04 Å². The number of alkyl carbamates (subject to hydrolysis) is 1. The molecule has 2 aliphatic heterocycles. The lowest BCUT2D eigenvalue weighted by Gasteiger charge is -2.28. The summed E-state index contributed by atoms with van der Waals surface area (Å²) in [6.45, 7) is 1.15. The Kier molecular flexibility index (Phi) is 17.3. The standard InChI is InChI=1S/C44H44N8O6.2CH4.2H2S/c1-56-44(55)50-39(31-13-7-4-8-14-31)43(54)51-23-9-15-36(51)40-45-26-35(49-40)29-19-17-28(18-20-29)32-21-22-33-34(25-32)48-41(47-33)37-16-10-24-52(37)42(53)38(46-27-58-57-2)30-11-5-3-6-12-30;;;;/h3-8,11-14,17-22,25-27,36-39H,9-10,15-16,23-24H2,1-2H3,(H,45,49)(H,47,48)(H,50,55);2*1H4;2*1H2/t36-,37-,38+,39+;;;;/m0..../s1. The number of benzene rings is 4. The monoisotopic (exact) mass is 880 g/mol. The van der Waals surface area contributed by atoms with Crippen molar-refractivity contribution in [3.05, 3.63) is 132 Å². The smallest absolute Gasteiger partial charge is 0.407 e. The number of hydrogen-bond donors (Lipinski definition) is 3. The van der Waals surface area contributed by atoms with Crippen LogP contribution in [0.3, 0.4) is 0 Å². The second-order valence-electron chi connectivity index (χ2n) is 14.3. The number of hydrogen-bond acceptors (Lipinski definition) is 9. The van der Waals surface area contributed by atoms with Crippen LogP contribution in [0.15, 0.2) is 114 Å². The molecular weight excluding hydrogens is 825 g/mol. The molecule has 8 rings (SSSR count). The molecule has 3 amide bonds. The van der Waals surface area contributed by atoms with E-state index in [0.717, 1.165) is 76.9 Å². The maximum absolute atomic E-state index is 14.0. The third-order valence-corrected chi connectivity index (χ3v) is 10.9. The molecule has 14 nitrogen and oxygen atoms in total. The summed E-state index contributed by atoms with van der Waals surface area (Å²) in [5.74, 6) is 1.09. The van der Waals surface area contributed by atoms with E-state index in [1.165, 1.54) is 14.2 Å². The van der Waals surface area contributed by atoms with Crippen LogP contribution in [0.4, 0.5) is 4.79 Å². The van der Waals surface area contributed by atoms with Crippen LogP contribution >= 0.6 is 27.0 Å². The second kappa shape index (κ2) is 22.1. The van der Waals surface area contributed by atoms with Crippen molar-refractivity contribution in [2.24, 2.45) is 4.99 Å². The first-order valence-electron chi connectivity index (χ1n) is 19.3. The van der Waals surface area contributed by atoms with Gasteiger partial charge in [-0.25, -0.2) is 19.8 Å². The summed E-state index contributed by atoms with van der Waals surface area (Å²) >= 11 is 0. The van der Waals surface area contributed by atoms with Crippen molar-refractivity contribution in [3.63, 3.8) is 0 Å². The molecule has 2 aliphatic rings. The average Bonchev–Trinajstić information content (AvgIpc) is 4.11. The lowest BCUT2D eigenvalue weighted by atomic mass is 10.0.